The Morgan fingerprint density at radius 2 is 1.68 bits per heavy atom. The van der Waals surface area contributed by atoms with Crippen molar-refractivity contribution < 1.29 is 33.9 Å². The third-order valence-corrected chi connectivity index (χ3v) is 10.5. The van der Waals surface area contributed by atoms with Gasteiger partial charge in [-0.1, -0.05) is 67.1 Å². The zero-order valence-corrected chi connectivity index (χ0v) is 33.2. The molecule has 0 aliphatic carbocycles. The molecular weight excluding hydrogens is 767 g/mol. The first-order valence-corrected chi connectivity index (χ1v) is 20.0. The molecular formula is C44H47N9O7. The number of carbonyl (C=O) groups excluding carboxylic acids is 5. The predicted molar refractivity (Wildman–Crippen MR) is 220 cm³/mol. The summed E-state index contributed by atoms with van der Waals surface area (Å²) in [4.78, 5) is 65.5. The number of ether oxygens (including phenoxy) is 1. The number of imide groups is 1. The van der Waals surface area contributed by atoms with Gasteiger partial charge in [-0.05, 0) is 83.1 Å². The van der Waals surface area contributed by atoms with Gasteiger partial charge < -0.3 is 25.2 Å². The topological polar surface area (TPSA) is 200 Å². The molecule has 16 nitrogen and oxygen atoms in total. The minimum Gasteiger partial charge on any atom is -0.492 e. The van der Waals surface area contributed by atoms with E-state index in [1.807, 2.05) is 42.6 Å². The highest BCUT2D eigenvalue weighted by Gasteiger charge is 2.39. The van der Waals surface area contributed by atoms with Crippen molar-refractivity contribution in [3.05, 3.63) is 131 Å². The first-order chi connectivity index (χ1) is 29.2. The first kappa shape index (κ1) is 41.3. The number of amides is 6. The van der Waals surface area contributed by atoms with E-state index in [1.165, 1.54) is 0 Å². The number of unbranched alkanes of at least 4 members (excludes halogenated alkanes) is 1. The van der Waals surface area contributed by atoms with E-state index < -0.39 is 17.9 Å². The van der Waals surface area contributed by atoms with Gasteiger partial charge in [0.1, 0.15) is 18.4 Å². The number of nitrogens with one attached hydrogen (secondary N) is 4. The molecule has 0 bridgehead atoms. The van der Waals surface area contributed by atoms with Crippen LogP contribution in [0.4, 0.5) is 10.5 Å². The second kappa shape index (κ2) is 19.2. The molecule has 0 spiro atoms. The van der Waals surface area contributed by atoms with Gasteiger partial charge in [0.15, 0.2) is 0 Å². The van der Waals surface area contributed by atoms with E-state index in [0.717, 1.165) is 46.4 Å². The van der Waals surface area contributed by atoms with E-state index in [0.29, 0.717) is 74.9 Å². The van der Waals surface area contributed by atoms with Crippen molar-refractivity contribution in [2.24, 2.45) is 0 Å². The lowest BCUT2D eigenvalue weighted by atomic mass is 9.96. The van der Waals surface area contributed by atoms with Crippen LogP contribution in [-0.4, -0.2) is 78.9 Å². The molecule has 0 saturated carbocycles. The van der Waals surface area contributed by atoms with Gasteiger partial charge in [-0.3, -0.25) is 29.7 Å². The van der Waals surface area contributed by atoms with Gasteiger partial charge in [-0.25, -0.2) is 15.0 Å². The number of benzene rings is 4. The molecule has 4 aromatic carbocycles. The molecule has 60 heavy (non-hydrogen) atoms. The number of fused-ring (bicyclic) bond motifs is 1. The summed E-state index contributed by atoms with van der Waals surface area (Å²) in [6, 6.07) is 26.8. The maximum atomic E-state index is 13.3. The van der Waals surface area contributed by atoms with E-state index in [2.05, 4.69) is 33.2 Å². The summed E-state index contributed by atoms with van der Waals surface area (Å²) < 4.78 is 7.65. The highest BCUT2D eigenvalue weighted by molar-refractivity contribution is 6.06. The highest BCUT2D eigenvalue weighted by atomic mass is 16.5. The van der Waals surface area contributed by atoms with E-state index in [1.54, 1.807) is 74.6 Å². The zero-order valence-electron chi connectivity index (χ0n) is 33.2. The average molecular weight is 814 g/mol. The molecule has 16 heteroatoms. The summed E-state index contributed by atoms with van der Waals surface area (Å²) in [5, 5.41) is 26.1. The van der Waals surface area contributed by atoms with Crippen LogP contribution in [0.15, 0.2) is 97.2 Å². The van der Waals surface area contributed by atoms with Crippen LogP contribution in [0, 0.1) is 0 Å². The van der Waals surface area contributed by atoms with Crippen molar-refractivity contribution in [1.29, 1.82) is 0 Å². The van der Waals surface area contributed by atoms with Crippen molar-refractivity contribution in [1.82, 2.24) is 40.9 Å². The van der Waals surface area contributed by atoms with Crippen molar-refractivity contribution in [3.8, 4) is 16.9 Å². The number of hydrogen-bond acceptors (Lipinski definition) is 10. The van der Waals surface area contributed by atoms with Gasteiger partial charge in [0.05, 0.1) is 12.2 Å². The summed E-state index contributed by atoms with van der Waals surface area (Å²) in [6.07, 6.45) is 4.18. The van der Waals surface area contributed by atoms with Gasteiger partial charge >= 0.3 is 6.03 Å². The summed E-state index contributed by atoms with van der Waals surface area (Å²) in [6.45, 7) is 5.30. The van der Waals surface area contributed by atoms with Gasteiger partial charge in [-0.15, -0.1) is 5.10 Å². The van der Waals surface area contributed by atoms with Crippen LogP contribution in [0.1, 0.15) is 75.7 Å². The van der Waals surface area contributed by atoms with Crippen molar-refractivity contribution >= 4 is 35.3 Å². The third-order valence-electron chi connectivity index (χ3n) is 10.5. The number of carbonyl (C=O) groups is 5. The molecule has 1 fully saturated rings. The van der Waals surface area contributed by atoms with Gasteiger partial charge in [-0.2, -0.15) is 0 Å². The van der Waals surface area contributed by atoms with Gasteiger partial charge in [0.2, 0.25) is 11.8 Å². The fraction of sp³-hybridized carbons (Fsp3) is 0.295. The lowest BCUT2D eigenvalue weighted by Crippen LogP contribution is -2.52. The van der Waals surface area contributed by atoms with E-state index >= 15 is 0 Å². The highest BCUT2D eigenvalue weighted by Crippen LogP contribution is 2.35. The van der Waals surface area contributed by atoms with Gasteiger partial charge in [0, 0.05) is 62.2 Å². The molecule has 310 valence electrons. The number of urea groups is 1. The SMILES string of the molecule is CCCCN(Cc1ccc(C(=O)NO)cc1)C(=O)Nc1ccc(OCCn2cc(CNCc3ccc(-c4cccc5c4CN(C4CCC(=O)NC4=O)C5=O)cc3)nn2)cc1. The number of anilines is 1. The summed E-state index contributed by atoms with van der Waals surface area (Å²) in [7, 11) is 0. The molecule has 1 atom stereocenters. The van der Waals surface area contributed by atoms with Crippen molar-refractivity contribution in [3.63, 3.8) is 0 Å². The van der Waals surface area contributed by atoms with Crippen molar-refractivity contribution in [2.75, 3.05) is 18.5 Å². The zero-order chi connectivity index (χ0) is 42.0. The van der Waals surface area contributed by atoms with E-state index in [4.69, 9.17) is 9.94 Å². The molecule has 1 unspecified atom stereocenters. The second-order valence-electron chi connectivity index (χ2n) is 14.7. The van der Waals surface area contributed by atoms with Crippen LogP contribution in [0.3, 0.4) is 0 Å². The van der Waals surface area contributed by atoms with Crippen LogP contribution >= 0.6 is 0 Å². The molecule has 7 rings (SSSR count). The fourth-order valence-electron chi connectivity index (χ4n) is 7.26. The Morgan fingerprint density at radius 3 is 2.42 bits per heavy atom. The van der Waals surface area contributed by atoms with E-state index in [9.17, 15) is 24.0 Å². The smallest absolute Gasteiger partial charge is 0.322 e. The average Bonchev–Trinajstić information content (AvgIpc) is 3.86. The predicted octanol–water partition coefficient (Wildman–Crippen LogP) is 5.03. The Balaban J connectivity index is 0.839. The number of piperidine rings is 1. The summed E-state index contributed by atoms with van der Waals surface area (Å²) >= 11 is 0. The van der Waals surface area contributed by atoms with Crippen LogP contribution in [0.5, 0.6) is 5.75 Å². The molecule has 1 saturated heterocycles. The summed E-state index contributed by atoms with van der Waals surface area (Å²) in [5.41, 5.74) is 8.67. The molecule has 1 aromatic heterocycles. The van der Waals surface area contributed by atoms with Crippen LogP contribution in [0.2, 0.25) is 0 Å². The normalized spacial score (nSPS) is 14.7. The minimum absolute atomic E-state index is 0.191. The standard InChI is InChI=1S/C44H47N9O7/c1-2-3-21-51(26-30-9-13-32(14-10-30)41(55)49-59)44(58)46-33-15-17-35(18-16-33)60-23-22-52-27-34(48-50-52)25-45-24-29-7-11-31(12-8-29)36-5-4-6-37-38(36)28-53(43(37)57)39-19-20-40(54)47-42(39)56/h4-18,27,39,45,59H,2-3,19-26,28H2,1H3,(H,46,58)(H,49,55)(H,47,54,56). The largest absolute Gasteiger partial charge is 0.492 e. The van der Waals surface area contributed by atoms with Crippen LogP contribution in [-0.2, 0) is 42.3 Å². The molecule has 2 aliphatic heterocycles. The Labute approximate surface area is 346 Å². The Kier molecular flexibility index (Phi) is 13.2. The Bertz CT molecular complexity index is 2330. The fourth-order valence-corrected chi connectivity index (χ4v) is 7.26. The minimum atomic E-state index is -0.656. The summed E-state index contributed by atoms with van der Waals surface area (Å²) in [5.74, 6) is -0.867. The molecule has 6 amide bonds. The molecule has 2 aliphatic rings. The first-order valence-electron chi connectivity index (χ1n) is 20.0. The lowest BCUT2D eigenvalue weighted by Gasteiger charge is -2.29. The Morgan fingerprint density at radius 1 is 0.933 bits per heavy atom. The van der Waals surface area contributed by atoms with E-state index in [-0.39, 0.29) is 24.3 Å². The number of hydrogen-bond donors (Lipinski definition) is 5. The third kappa shape index (κ3) is 10.0. The maximum Gasteiger partial charge on any atom is 0.322 e. The monoisotopic (exact) mass is 813 g/mol. The lowest BCUT2D eigenvalue weighted by molar-refractivity contribution is -0.136. The molecule has 5 N–H and O–H groups in total. The number of hydroxylamine groups is 1. The quantitative estimate of drug-likeness (QED) is 0.0482. The van der Waals surface area contributed by atoms with Gasteiger partial charge in [0.25, 0.3) is 11.8 Å². The maximum absolute atomic E-state index is 13.3. The van der Waals surface area contributed by atoms with Crippen molar-refractivity contribution in [2.45, 2.75) is 71.4 Å². The Hall–Kier alpha value is -6.91. The van der Waals surface area contributed by atoms with Crippen LogP contribution < -0.4 is 26.2 Å². The molecule has 0 radical (unpaired) electrons. The second-order valence-corrected chi connectivity index (χ2v) is 14.7. The van der Waals surface area contributed by atoms with Crippen LogP contribution in [0.25, 0.3) is 11.1 Å². The number of aromatic nitrogens is 3. The molecule has 3 heterocycles. The molecule has 5 aromatic rings. The number of nitrogens with zero attached hydrogens (tertiary/aromatic N) is 5. The number of rotatable bonds is 17.